The quantitative estimate of drug-likeness (QED) is 0.496. The Morgan fingerprint density at radius 3 is 1.85 bits per heavy atom. The van der Waals surface area contributed by atoms with Gasteiger partial charge in [-0.25, -0.2) is 0 Å². The third kappa shape index (κ3) is 5.58. The molecule has 0 fully saturated rings. The second-order valence-corrected chi connectivity index (χ2v) is 6.37. The van der Waals surface area contributed by atoms with Gasteiger partial charge in [0.25, 0.3) is 0 Å². The molecule has 0 heterocycles. The largest absolute Gasteiger partial charge is 0.492 e. The number of carbonyl (C=O) groups excluding carboxylic acids is 2. The molecule has 0 aliphatic heterocycles. The van der Waals surface area contributed by atoms with Crippen molar-refractivity contribution >= 4 is 11.9 Å². The Labute approximate surface area is 160 Å². The number of benzene rings is 2. The van der Waals surface area contributed by atoms with Gasteiger partial charge in [0.15, 0.2) is 5.41 Å². The predicted molar refractivity (Wildman–Crippen MR) is 103 cm³/mol. The Balaban J connectivity index is 2.03. The number of ether oxygens (including phenoxy) is 3. The molecule has 0 saturated heterocycles. The second-order valence-electron chi connectivity index (χ2n) is 6.37. The molecule has 2 rings (SSSR count). The van der Waals surface area contributed by atoms with Gasteiger partial charge in [-0.1, -0.05) is 42.5 Å². The molecule has 5 heteroatoms. The molecule has 0 N–H and O–H groups in total. The maximum absolute atomic E-state index is 12.3. The Hall–Kier alpha value is -2.82. The van der Waals surface area contributed by atoms with Crippen molar-refractivity contribution in [3.63, 3.8) is 0 Å². The van der Waals surface area contributed by atoms with E-state index >= 15 is 0 Å². The van der Waals surface area contributed by atoms with Crippen LogP contribution in [0, 0.1) is 5.41 Å². The van der Waals surface area contributed by atoms with Crippen molar-refractivity contribution in [2.24, 2.45) is 5.41 Å². The minimum Gasteiger partial charge on any atom is -0.492 e. The lowest BCUT2D eigenvalue weighted by Gasteiger charge is -2.25. The third-order valence-corrected chi connectivity index (χ3v) is 4.15. The lowest BCUT2D eigenvalue weighted by Crippen LogP contribution is -2.44. The molecular formula is C22H26O5. The number of carbonyl (C=O) groups is 2. The van der Waals surface area contributed by atoms with E-state index in [1.54, 1.807) is 13.8 Å². The first-order valence-corrected chi connectivity index (χ1v) is 9.09. The van der Waals surface area contributed by atoms with Gasteiger partial charge in [0.05, 0.1) is 13.2 Å². The zero-order valence-corrected chi connectivity index (χ0v) is 16.1. The molecule has 0 atom stereocenters. The fraction of sp³-hybridized carbons (Fsp3) is 0.364. The first kappa shape index (κ1) is 20.5. The summed E-state index contributed by atoms with van der Waals surface area (Å²) in [4.78, 5) is 24.5. The molecule has 27 heavy (non-hydrogen) atoms. The van der Waals surface area contributed by atoms with Crippen LogP contribution in [0.4, 0.5) is 0 Å². The van der Waals surface area contributed by atoms with Gasteiger partial charge in [0.2, 0.25) is 0 Å². The summed E-state index contributed by atoms with van der Waals surface area (Å²) in [5, 5.41) is 0. The SMILES string of the molecule is CCOC(=O)C(C)(COc1ccc(Cc2ccccc2)cc1)C(=O)OCC. The zero-order valence-electron chi connectivity index (χ0n) is 16.1. The van der Waals surface area contributed by atoms with Crippen LogP contribution in [0.25, 0.3) is 0 Å². The lowest BCUT2D eigenvalue weighted by atomic mass is 9.92. The topological polar surface area (TPSA) is 61.8 Å². The fourth-order valence-corrected chi connectivity index (χ4v) is 2.54. The molecule has 144 valence electrons. The molecular weight excluding hydrogens is 344 g/mol. The van der Waals surface area contributed by atoms with Crippen LogP contribution in [0.2, 0.25) is 0 Å². The van der Waals surface area contributed by atoms with Crippen LogP contribution < -0.4 is 4.74 Å². The van der Waals surface area contributed by atoms with Crippen molar-refractivity contribution in [2.45, 2.75) is 27.2 Å². The molecule has 0 aliphatic rings. The van der Waals surface area contributed by atoms with Gasteiger partial charge in [0, 0.05) is 0 Å². The molecule has 2 aromatic rings. The van der Waals surface area contributed by atoms with E-state index in [9.17, 15) is 9.59 Å². The van der Waals surface area contributed by atoms with Crippen LogP contribution >= 0.6 is 0 Å². The Bertz CT molecular complexity index is 719. The second kappa shape index (κ2) is 9.76. The van der Waals surface area contributed by atoms with Gasteiger partial charge in [-0.2, -0.15) is 0 Å². The normalized spacial score (nSPS) is 10.9. The van der Waals surface area contributed by atoms with Crippen molar-refractivity contribution in [1.82, 2.24) is 0 Å². The fourth-order valence-electron chi connectivity index (χ4n) is 2.54. The molecule has 0 aromatic heterocycles. The molecule has 0 radical (unpaired) electrons. The summed E-state index contributed by atoms with van der Waals surface area (Å²) in [5.41, 5.74) is 0.866. The highest BCUT2D eigenvalue weighted by atomic mass is 16.6. The summed E-state index contributed by atoms with van der Waals surface area (Å²) in [6.07, 6.45) is 0.824. The highest BCUT2D eigenvalue weighted by molar-refractivity contribution is 5.99. The number of rotatable bonds is 9. The van der Waals surface area contributed by atoms with Crippen LogP contribution in [-0.2, 0) is 25.5 Å². The van der Waals surface area contributed by atoms with E-state index in [4.69, 9.17) is 14.2 Å². The molecule has 0 aliphatic carbocycles. The standard InChI is InChI=1S/C22H26O5/c1-4-25-20(23)22(3,21(24)26-5-2)16-27-19-13-11-18(12-14-19)15-17-9-7-6-8-10-17/h6-14H,4-5,15-16H2,1-3H3. The van der Waals surface area contributed by atoms with E-state index < -0.39 is 17.4 Å². The van der Waals surface area contributed by atoms with Crippen molar-refractivity contribution in [3.05, 3.63) is 65.7 Å². The minimum absolute atomic E-state index is 0.150. The zero-order chi connectivity index (χ0) is 19.7. The molecule has 5 nitrogen and oxygen atoms in total. The summed E-state index contributed by atoms with van der Waals surface area (Å²) in [6, 6.07) is 17.8. The average Bonchev–Trinajstić information content (AvgIpc) is 2.68. The summed E-state index contributed by atoms with van der Waals surface area (Å²) >= 11 is 0. The maximum Gasteiger partial charge on any atom is 0.326 e. The van der Waals surface area contributed by atoms with Crippen molar-refractivity contribution in [1.29, 1.82) is 0 Å². The number of hydrogen-bond donors (Lipinski definition) is 0. The van der Waals surface area contributed by atoms with Gasteiger partial charge in [0.1, 0.15) is 12.4 Å². The molecule has 0 spiro atoms. The highest BCUT2D eigenvalue weighted by Gasteiger charge is 2.45. The van der Waals surface area contributed by atoms with Crippen molar-refractivity contribution in [2.75, 3.05) is 19.8 Å². The van der Waals surface area contributed by atoms with Gasteiger partial charge in [-0.05, 0) is 50.5 Å². The average molecular weight is 370 g/mol. The summed E-state index contributed by atoms with van der Waals surface area (Å²) in [5.74, 6) is -0.722. The van der Waals surface area contributed by atoms with E-state index in [1.807, 2.05) is 42.5 Å². The maximum atomic E-state index is 12.3. The van der Waals surface area contributed by atoms with Crippen LogP contribution in [0.5, 0.6) is 5.75 Å². The number of hydrogen-bond acceptors (Lipinski definition) is 5. The molecule has 2 aromatic carbocycles. The Morgan fingerprint density at radius 2 is 1.33 bits per heavy atom. The van der Waals surface area contributed by atoms with Gasteiger partial charge in [-0.3, -0.25) is 9.59 Å². The van der Waals surface area contributed by atoms with Crippen LogP contribution in [0.3, 0.4) is 0 Å². The van der Waals surface area contributed by atoms with E-state index in [0.717, 1.165) is 12.0 Å². The third-order valence-electron chi connectivity index (χ3n) is 4.15. The molecule has 0 amide bonds. The van der Waals surface area contributed by atoms with Crippen LogP contribution in [0.1, 0.15) is 31.9 Å². The molecule has 0 bridgehead atoms. The van der Waals surface area contributed by atoms with Gasteiger partial charge >= 0.3 is 11.9 Å². The van der Waals surface area contributed by atoms with E-state index in [0.29, 0.717) is 5.75 Å². The van der Waals surface area contributed by atoms with Crippen molar-refractivity contribution < 1.29 is 23.8 Å². The van der Waals surface area contributed by atoms with E-state index in [1.165, 1.54) is 12.5 Å². The monoisotopic (exact) mass is 370 g/mol. The first-order valence-electron chi connectivity index (χ1n) is 9.09. The van der Waals surface area contributed by atoms with Crippen LogP contribution in [-0.4, -0.2) is 31.8 Å². The molecule has 0 saturated carbocycles. The van der Waals surface area contributed by atoms with Gasteiger partial charge < -0.3 is 14.2 Å². The van der Waals surface area contributed by atoms with Gasteiger partial charge in [-0.15, -0.1) is 0 Å². The highest BCUT2D eigenvalue weighted by Crippen LogP contribution is 2.24. The Morgan fingerprint density at radius 1 is 0.815 bits per heavy atom. The van der Waals surface area contributed by atoms with E-state index in [-0.39, 0.29) is 19.8 Å². The number of esters is 2. The summed E-state index contributed by atoms with van der Waals surface area (Å²) < 4.78 is 15.8. The van der Waals surface area contributed by atoms with Crippen molar-refractivity contribution in [3.8, 4) is 5.75 Å². The molecule has 0 unspecified atom stereocenters. The minimum atomic E-state index is -1.51. The Kier molecular flexibility index (Phi) is 7.41. The predicted octanol–water partition coefficient (Wildman–Crippen LogP) is 3.79. The smallest absolute Gasteiger partial charge is 0.326 e. The summed E-state index contributed by atoms with van der Waals surface area (Å²) in [7, 11) is 0. The van der Waals surface area contributed by atoms with Crippen LogP contribution in [0.15, 0.2) is 54.6 Å². The lowest BCUT2D eigenvalue weighted by molar-refractivity contribution is -0.172. The van der Waals surface area contributed by atoms with E-state index in [2.05, 4.69) is 12.1 Å². The summed E-state index contributed by atoms with van der Waals surface area (Å²) in [6.45, 7) is 5.07. The first-order chi connectivity index (χ1) is 13.0.